The Morgan fingerprint density at radius 2 is 1.70 bits per heavy atom. The number of nitrogens with zero attached hydrogens (tertiary/aromatic N) is 1. The Morgan fingerprint density at radius 1 is 0.967 bits per heavy atom. The number of hydrogen-bond acceptors (Lipinski definition) is 3. The van der Waals surface area contributed by atoms with Gasteiger partial charge in [0.05, 0.1) is 6.54 Å². The Hall–Kier alpha value is -3.34. The molecule has 2 N–H and O–H groups in total. The van der Waals surface area contributed by atoms with Crippen LogP contribution >= 0.6 is 0 Å². The number of likely N-dealkylation sites (tertiary alicyclic amines) is 1. The number of carbonyl (C=O) groups excluding carboxylic acids is 2. The molecule has 30 heavy (non-hydrogen) atoms. The third-order valence-corrected chi connectivity index (χ3v) is 5.69. The molecule has 2 amide bonds. The first-order chi connectivity index (χ1) is 14.6. The molecule has 5 heteroatoms. The van der Waals surface area contributed by atoms with E-state index >= 15 is 0 Å². The summed E-state index contributed by atoms with van der Waals surface area (Å²) in [4.78, 5) is 27.2. The Bertz CT molecular complexity index is 1050. The first-order valence-electron chi connectivity index (χ1n) is 10.5. The maximum absolute atomic E-state index is 12.8. The highest BCUT2D eigenvalue weighted by Gasteiger charge is 2.21. The van der Waals surface area contributed by atoms with E-state index in [1.807, 2.05) is 65.6 Å². The van der Waals surface area contributed by atoms with Crippen molar-refractivity contribution < 1.29 is 9.59 Å². The van der Waals surface area contributed by atoms with Gasteiger partial charge in [0.2, 0.25) is 5.91 Å². The van der Waals surface area contributed by atoms with E-state index in [1.54, 1.807) is 6.07 Å². The van der Waals surface area contributed by atoms with Crippen molar-refractivity contribution >= 4 is 34.0 Å². The van der Waals surface area contributed by atoms with Gasteiger partial charge < -0.3 is 15.5 Å². The number of amides is 2. The van der Waals surface area contributed by atoms with Crippen LogP contribution < -0.4 is 10.6 Å². The van der Waals surface area contributed by atoms with Crippen LogP contribution in [-0.4, -0.2) is 36.3 Å². The summed E-state index contributed by atoms with van der Waals surface area (Å²) in [5.41, 5.74) is 2.17. The zero-order valence-electron chi connectivity index (χ0n) is 17.2. The van der Waals surface area contributed by atoms with E-state index in [4.69, 9.17) is 0 Å². The summed E-state index contributed by atoms with van der Waals surface area (Å²) in [7, 11) is 0. The molecule has 4 rings (SSSR count). The second kappa shape index (κ2) is 8.99. The number of piperidine rings is 1. The number of hydrogen-bond donors (Lipinski definition) is 2. The molecule has 5 nitrogen and oxygen atoms in total. The second-order valence-electron chi connectivity index (χ2n) is 7.98. The minimum absolute atomic E-state index is 0.0341. The fourth-order valence-electron chi connectivity index (χ4n) is 3.88. The molecule has 1 heterocycles. The molecule has 3 aromatic rings. The van der Waals surface area contributed by atoms with Crippen LogP contribution in [0.5, 0.6) is 0 Å². The van der Waals surface area contributed by atoms with Gasteiger partial charge in [0.15, 0.2) is 0 Å². The predicted molar refractivity (Wildman–Crippen MR) is 122 cm³/mol. The highest BCUT2D eigenvalue weighted by molar-refractivity contribution is 5.99. The third kappa shape index (κ3) is 4.62. The molecule has 0 saturated carbocycles. The summed E-state index contributed by atoms with van der Waals surface area (Å²) < 4.78 is 0. The molecule has 0 atom stereocenters. The smallest absolute Gasteiger partial charge is 0.253 e. The van der Waals surface area contributed by atoms with E-state index < -0.39 is 0 Å². The monoisotopic (exact) mass is 401 g/mol. The van der Waals surface area contributed by atoms with E-state index in [0.717, 1.165) is 42.4 Å². The molecular weight excluding hydrogens is 374 g/mol. The average Bonchev–Trinajstić information content (AvgIpc) is 2.78. The number of anilines is 2. The van der Waals surface area contributed by atoms with Gasteiger partial charge in [0.25, 0.3) is 5.91 Å². The molecule has 1 aliphatic rings. The van der Waals surface area contributed by atoms with Crippen LogP contribution in [0.15, 0.2) is 66.7 Å². The standard InChI is InChI=1S/C25H27N3O2/c1-18-12-14-28(15-13-18)25(30)20-8-4-9-21(16-20)27-24(29)17-26-23-11-5-7-19-6-2-3-10-22(19)23/h2-11,16,18,26H,12-15,17H2,1H3,(H,27,29). The largest absolute Gasteiger partial charge is 0.376 e. The predicted octanol–water partition coefficient (Wildman–Crippen LogP) is 4.76. The van der Waals surface area contributed by atoms with Crippen molar-refractivity contribution in [2.24, 2.45) is 5.92 Å². The van der Waals surface area contributed by atoms with E-state index in [2.05, 4.69) is 17.6 Å². The molecule has 3 aromatic carbocycles. The summed E-state index contributed by atoms with van der Waals surface area (Å²) in [6.07, 6.45) is 2.09. The Morgan fingerprint density at radius 3 is 2.53 bits per heavy atom. The molecule has 0 spiro atoms. The number of rotatable bonds is 5. The lowest BCUT2D eigenvalue weighted by Crippen LogP contribution is -2.37. The number of nitrogens with one attached hydrogen (secondary N) is 2. The zero-order chi connectivity index (χ0) is 20.9. The Labute approximate surface area is 177 Å². The van der Waals surface area contributed by atoms with Crippen LogP contribution in [0.4, 0.5) is 11.4 Å². The van der Waals surface area contributed by atoms with Crippen molar-refractivity contribution in [1.82, 2.24) is 4.90 Å². The van der Waals surface area contributed by atoms with Crippen molar-refractivity contribution in [3.63, 3.8) is 0 Å². The van der Waals surface area contributed by atoms with Gasteiger partial charge in [-0.15, -0.1) is 0 Å². The van der Waals surface area contributed by atoms with Crippen molar-refractivity contribution in [2.75, 3.05) is 30.3 Å². The first kappa shape index (κ1) is 20.0. The minimum atomic E-state index is -0.153. The highest BCUT2D eigenvalue weighted by Crippen LogP contribution is 2.23. The van der Waals surface area contributed by atoms with Gasteiger partial charge in [-0.25, -0.2) is 0 Å². The quantitative estimate of drug-likeness (QED) is 0.648. The van der Waals surface area contributed by atoms with Gasteiger partial charge in [-0.3, -0.25) is 9.59 Å². The van der Waals surface area contributed by atoms with E-state index in [-0.39, 0.29) is 18.4 Å². The highest BCUT2D eigenvalue weighted by atomic mass is 16.2. The van der Waals surface area contributed by atoms with Crippen molar-refractivity contribution in [3.05, 3.63) is 72.3 Å². The van der Waals surface area contributed by atoms with E-state index in [0.29, 0.717) is 17.2 Å². The van der Waals surface area contributed by atoms with Gasteiger partial charge in [-0.05, 0) is 48.4 Å². The number of benzene rings is 3. The minimum Gasteiger partial charge on any atom is -0.376 e. The summed E-state index contributed by atoms with van der Waals surface area (Å²) in [6.45, 7) is 3.97. The van der Waals surface area contributed by atoms with E-state index in [1.165, 1.54) is 0 Å². The lowest BCUT2D eigenvalue weighted by molar-refractivity contribution is -0.114. The summed E-state index contributed by atoms with van der Waals surface area (Å²) in [5.74, 6) is 0.556. The van der Waals surface area contributed by atoms with Crippen LogP contribution in [0.1, 0.15) is 30.1 Å². The van der Waals surface area contributed by atoms with Gasteiger partial charge >= 0.3 is 0 Å². The third-order valence-electron chi connectivity index (χ3n) is 5.69. The first-order valence-corrected chi connectivity index (χ1v) is 10.5. The van der Waals surface area contributed by atoms with Gasteiger partial charge in [0, 0.05) is 35.4 Å². The summed E-state index contributed by atoms with van der Waals surface area (Å²) >= 11 is 0. The maximum Gasteiger partial charge on any atom is 0.253 e. The molecule has 1 saturated heterocycles. The lowest BCUT2D eigenvalue weighted by atomic mass is 9.98. The fourth-order valence-corrected chi connectivity index (χ4v) is 3.88. The molecule has 0 aromatic heterocycles. The molecule has 1 aliphatic heterocycles. The van der Waals surface area contributed by atoms with Crippen LogP contribution in [0, 0.1) is 5.92 Å². The second-order valence-corrected chi connectivity index (χ2v) is 7.98. The van der Waals surface area contributed by atoms with Crippen LogP contribution in [0.25, 0.3) is 10.8 Å². The molecule has 0 bridgehead atoms. The zero-order valence-corrected chi connectivity index (χ0v) is 17.2. The summed E-state index contributed by atoms with van der Waals surface area (Å²) in [6, 6.07) is 21.2. The lowest BCUT2D eigenvalue weighted by Gasteiger charge is -2.30. The van der Waals surface area contributed by atoms with Gasteiger partial charge in [-0.1, -0.05) is 49.4 Å². The SMILES string of the molecule is CC1CCN(C(=O)c2cccc(NC(=O)CNc3cccc4ccccc34)c2)CC1. The van der Waals surface area contributed by atoms with Gasteiger partial charge in [-0.2, -0.15) is 0 Å². The molecule has 0 aliphatic carbocycles. The van der Waals surface area contributed by atoms with Crippen LogP contribution in [0.3, 0.4) is 0 Å². The molecular formula is C25H27N3O2. The normalized spacial score (nSPS) is 14.5. The summed E-state index contributed by atoms with van der Waals surface area (Å²) in [5, 5.41) is 8.31. The average molecular weight is 402 g/mol. The van der Waals surface area contributed by atoms with Crippen LogP contribution in [0.2, 0.25) is 0 Å². The van der Waals surface area contributed by atoms with Crippen molar-refractivity contribution in [1.29, 1.82) is 0 Å². The number of fused-ring (bicyclic) bond motifs is 1. The molecule has 0 radical (unpaired) electrons. The van der Waals surface area contributed by atoms with Crippen molar-refractivity contribution in [2.45, 2.75) is 19.8 Å². The Kier molecular flexibility index (Phi) is 5.98. The Balaban J connectivity index is 1.38. The van der Waals surface area contributed by atoms with Crippen LogP contribution in [-0.2, 0) is 4.79 Å². The van der Waals surface area contributed by atoms with Crippen molar-refractivity contribution in [3.8, 4) is 0 Å². The van der Waals surface area contributed by atoms with E-state index in [9.17, 15) is 9.59 Å². The van der Waals surface area contributed by atoms with Gasteiger partial charge in [0.1, 0.15) is 0 Å². The molecule has 154 valence electrons. The topological polar surface area (TPSA) is 61.4 Å². The maximum atomic E-state index is 12.8. The molecule has 0 unspecified atom stereocenters. The number of carbonyl (C=O) groups is 2. The molecule has 1 fully saturated rings. The fraction of sp³-hybridized carbons (Fsp3) is 0.280.